The highest BCUT2D eigenvalue weighted by atomic mass is 16.3. The minimum Gasteiger partial charge on any atom is -0.461 e. The zero-order valence-corrected chi connectivity index (χ0v) is 10.5. The van der Waals surface area contributed by atoms with Crippen LogP contribution in [0.2, 0.25) is 0 Å². The van der Waals surface area contributed by atoms with Gasteiger partial charge in [-0.2, -0.15) is 0 Å². The van der Waals surface area contributed by atoms with Gasteiger partial charge < -0.3 is 9.73 Å². The second-order valence-electron chi connectivity index (χ2n) is 5.15. The molecule has 0 bridgehead atoms. The van der Waals surface area contributed by atoms with Gasteiger partial charge in [-0.15, -0.1) is 0 Å². The number of rotatable bonds is 1. The van der Waals surface area contributed by atoms with E-state index in [2.05, 4.69) is 37.4 Å². The molecule has 1 aromatic heterocycles. The molecule has 17 heavy (non-hydrogen) atoms. The summed E-state index contributed by atoms with van der Waals surface area (Å²) in [4.78, 5) is 0. The predicted molar refractivity (Wildman–Crippen MR) is 70.5 cm³/mol. The van der Waals surface area contributed by atoms with E-state index < -0.39 is 0 Å². The molecule has 1 N–H and O–H groups in total. The van der Waals surface area contributed by atoms with Crippen LogP contribution in [0.15, 0.2) is 22.6 Å². The normalized spacial score (nSPS) is 17.8. The van der Waals surface area contributed by atoms with Crippen molar-refractivity contribution in [3.05, 3.63) is 35.1 Å². The molecule has 1 aromatic carbocycles. The molecule has 0 aliphatic carbocycles. The summed E-state index contributed by atoms with van der Waals surface area (Å²) in [6, 6.07) is 6.63. The molecule has 3 rings (SSSR count). The van der Waals surface area contributed by atoms with Gasteiger partial charge in [-0.05, 0) is 69.1 Å². The van der Waals surface area contributed by atoms with Gasteiger partial charge in [0.1, 0.15) is 11.3 Å². The van der Waals surface area contributed by atoms with Crippen LogP contribution in [0.1, 0.15) is 35.6 Å². The van der Waals surface area contributed by atoms with Crippen LogP contribution in [0.5, 0.6) is 0 Å². The first-order valence-electron chi connectivity index (χ1n) is 6.45. The summed E-state index contributed by atoms with van der Waals surface area (Å²) in [7, 11) is 0. The van der Waals surface area contributed by atoms with Gasteiger partial charge in [0.15, 0.2) is 0 Å². The van der Waals surface area contributed by atoms with E-state index in [4.69, 9.17) is 4.42 Å². The molecule has 0 amide bonds. The topological polar surface area (TPSA) is 25.2 Å². The van der Waals surface area contributed by atoms with Gasteiger partial charge in [-0.1, -0.05) is 0 Å². The third-order valence-electron chi connectivity index (χ3n) is 3.89. The highest BCUT2D eigenvalue weighted by molar-refractivity contribution is 5.79. The number of benzene rings is 1. The van der Waals surface area contributed by atoms with Crippen LogP contribution in [0.3, 0.4) is 0 Å². The van der Waals surface area contributed by atoms with Crippen molar-refractivity contribution < 1.29 is 4.42 Å². The van der Waals surface area contributed by atoms with E-state index in [1.165, 1.54) is 35.1 Å². The Hall–Kier alpha value is -1.28. The van der Waals surface area contributed by atoms with Crippen molar-refractivity contribution in [2.45, 2.75) is 32.6 Å². The Morgan fingerprint density at radius 1 is 1.06 bits per heavy atom. The molecular formula is C15H19NO. The van der Waals surface area contributed by atoms with Crippen molar-refractivity contribution >= 4 is 11.0 Å². The number of aryl methyl sites for hydroxylation is 2. The Bertz CT molecular complexity index is 496. The third kappa shape index (κ3) is 1.98. The van der Waals surface area contributed by atoms with E-state index in [9.17, 15) is 0 Å². The molecule has 2 heteroatoms. The molecule has 1 aliphatic rings. The lowest BCUT2D eigenvalue weighted by Crippen LogP contribution is -2.26. The Morgan fingerprint density at radius 2 is 1.76 bits per heavy atom. The molecule has 2 heterocycles. The number of nitrogens with one attached hydrogen (secondary N) is 1. The number of hydrogen-bond donors (Lipinski definition) is 1. The molecule has 0 spiro atoms. The largest absolute Gasteiger partial charge is 0.461 e. The summed E-state index contributed by atoms with van der Waals surface area (Å²) >= 11 is 0. The summed E-state index contributed by atoms with van der Waals surface area (Å²) in [6.45, 7) is 6.52. The zero-order valence-electron chi connectivity index (χ0n) is 10.5. The summed E-state index contributed by atoms with van der Waals surface area (Å²) in [5, 5.41) is 4.65. The van der Waals surface area contributed by atoms with Gasteiger partial charge in [-0.25, -0.2) is 0 Å². The van der Waals surface area contributed by atoms with Crippen molar-refractivity contribution in [1.29, 1.82) is 0 Å². The maximum atomic E-state index is 6.02. The fourth-order valence-corrected chi connectivity index (χ4v) is 2.63. The van der Waals surface area contributed by atoms with Crippen molar-refractivity contribution in [2.75, 3.05) is 13.1 Å². The first kappa shape index (κ1) is 10.8. The molecule has 90 valence electrons. The standard InChI is InChI=1S/C15H19NO/c1-10-7-13-9-15(12-3-5-16-6-4-12)17-14(13)8-11(10)2/h7-9,12,16H,3-6H2,1-2H3. The fraction of sp³-hybridized carbons (Fsp3) is 0.467. The molecule has 2 aromatic rings. The minimum atomic E-state index is 0.601. The van der Waals surface area contributed by atoms with Crippen LogP contribution in [0.25, 0.3) is 11.0 Å². The van der Waals surface area contributed by atoms with Crippen molar-refractivity contribution in [3.8, 4) is 0 Å². The Morgan fingerprint density at radius 3 is 2.53 bits per heavy atom. The molecule has 0 unspecified atom stereocenters. The molecule has 2 nitrogen and oxygen atoms in total. The predicted octanol–water partition coefficient (Wildman–Crippen LogP) is 3.52. The minimum absolute atomic E-state index is 0.601. The van der Waals surface area contributed by atoms with Crippen LogP contribution in [0, 0.1) is 13.8 Å². The van der Waals surface area contributed by atoms with E-state index in [-0.39, 0.29) is 0 Å². The first-order valence-corrected chi connectivity index (χ1v) is 6.45. The number of furan rings is 1. The van der Waals surface area contributed by atoms with Crippen LogP contribution in [-0.2, 0) is 0 Å². The van der Waals surface area contributed by atoms with E-state index >= 15 is 0 Å². The Kier molecular flexibility index (Phi) is 2.67. The number of fused-ring (bicyclic) bond motifs is 1. The Balaban J connectivity index is 2.00. The number of piperidine rings is 1. The second-order valence-corrected chi connectivity index (χ2v) is 5.15. The van der Waals surface area contributed by atoms with Gasteiger partial charge >= 0.3 is 0 Å². The first-order chi connectivity index (χ1) is 8.24. The van der Waals surface area contributed by atoms with Gasteiger partial charge in [0, 0.05) is 11.3 Å². The van der Waals surface area contributed by atoms with Crippen LogP contribution in [-0.4, -0.2) is 13.1 Å². The van der Waals surface area contributed by atoms with Crippen LogP contribution >= 0.6 is 0 Å². The van der Waals surface area contributed by atoms with Gasteiger partial charge in [0.25, 0.3) is 0 Å². The summed E-state index contributed by atoms with van der Waals surface area (Å²) in [6.07, 6.45) is 2.38. The maximum absolute atomic E-state index is 6.02. The van der Waals surface area contributed by atoms with Crippen LogP contribution < -0.4 is 5.32 Å². The molecule has 1 fully saturated rings. The summed E-state index contributed by atoms with van der Waals surface area (Å²) < 4.78 is 6.02. The van der Waals surface area contributed by atoms with Gasteiger partial charge in [0.05, 0.1) is 0 Å². The van der Waals surface area contributed by atoms with Crippen molar-refractivity contribution in [3.63, 3.8) is 0 Å². The molecule has 1 aliphatic heterocycles. The lowest BCUT2D eigenvalue weighted by atomic mass is 9.95. The van der Waals surface area contributed by atoms with E-state index in [1.807, 2.05) is 0 Å². The van der Waals surface area contributed by atoms with Gasteiger partial charge in [0.2, 0.25) is 0 Å². The Labute approximate surface area is 102 Å². The van der Waals surface area contributed by atoms with Crippen LogP contribution in [0.4, 0.5) is 0 Å². The lowest BCUT2D eigenvalue weighted by Gasteiger charge is -2.20. The molecule has 0 radical (unpaired) electrons. The van der Waals surface area contributed by atoms with E-state index in [0.717, 1.165) is 18.7 Å². The fourth-order valence-electron chi connectivity index (χ4n) is 2.63. The monoisotopic (exact) mass is 229 g/mol. The van der Waals surface area contributed by atoms with Crippen molar-refractivity contribution in [2.24, 2.45) is 0 Å². The quantitative estimate of drug-likeness (QED) is 0.809. The van der Waals surface area contributed by atoms with Gasteiger partial charge in [-0.3, -0.25) is 0 Å². The number of hydrogen-bond acceptors (Lipinski definition) is 2. The highest BCUT2D eigenvalue weighted by Gasteiger charge is 2.19. The highest BCUT2D eigenvalue weighted by Crippen LogP contribution is 2.31. The average Bonchev–Trinajstić information content (AvgIpc) is 2.74. The summed E-state index contributed by atoms with van der Waals surface area (Å²) in [5.74, 6) is 1.77. The third-order valence-corrected chi connectivity index (χ3v) is 3.89. The molecular weight excluding hydrogens is 210 g/mol. The van der Waals surface area contributed by atoms with Crippen molar-refractivity contribution in [1.82, 2.24) is 5.32 Å². The maximum Gasteiger partial charge on any atom is 0.134 e. The smallest absolute Gasteiger partial charge is 0.134 e. The SMILES string of the molecule is Cc1cc2cc(C3CCNCC3)oc2cc1C. The summed E-state index contributed by atoms with van der Waals surface area (Å²) in [5.41, 5.74) is 3.69. The second kappa shape index (κ2) is 4.19. The molecule has 0 atom stereocenters. The molecule has 1 saturated heterocycles. The average molecular weight is 229 g/mol. The molecule has 0 saturated carbocycles. The lowest BCUT2D eigenvalue weighted by molar-refractivity contribution is 0.397. The van der Waals surface area contributed by atoms with E-state index in [1.54, 1.807) is 0 Å². The zero-order chi connectivity index (χ0) is 11.8. The van der Waals surface area contributed by atoms with E-state index in [0.29, 0.717) is 5.92 Å².